The molecule has 2 atom stereocenters. The molecule has 0 saturated carbocycles. The van der Waals surface area contributed by atoms with Gasteiger partial charge in [0.25, 0.3) is 0 Å². The van der Waals surface area contributed by atoms with Crippen molar-refractivity contribution in [1.29, 1.82) is 0 Å². The van der Waals surface area contributed by atoms with Gasteiger partial charge in [0.15, 0.2) is 0 Å². The number of carbonyl (C=O) groups excluding carboxylic acids is 2. The molecular weight excluding hydrogens is 316 g/mol. The summed E-state index contributed by atoms with van der Waals surface area (Å²) in [6.45, 7) is 5.26. The zero-order valence-corrected chi connectivity index (χ0v) is 16.5. The van der Waals surface area contributed by atoms with E-state index in [4.69, 9.17) is 0 Å². The van der Waals surface area contributed by atoms with Gasteiger partial charge in [-0.2, -0.15) is 0 Å². The molecule has 0 aliphatic carbocycles. The predicted molar refractivity (Wildman–Crippen MR) is 102 cm³/mol. The average Bonchev–Trinajstić information content (AvgIpc) is 2.56. The van der Waals surface area contributed by atoms with Crippen LogP contribution in [0.4, 0.5) is 0 Å². The van der Waals surface area contributed by atoms with Gasteiger partial charge in [-0.15, -0.1) is 0 Å². The highest BCUT2D eigenvalue weighted by atomic mass is 16.6. The Bertz CT molecular complexity index is 376. The Kier molecular flexibility index (Phi) is 15.6. The topological polar surface area (TPSA) is 63.6 Å². The first kappa shape index (κ1) is 23.8. The molecule has 25 heavy (non-hydrogen) atoms. The van der Waals surface area contributed by atoms with Crippen LogP contribution in [0.3, 0.4) is 0 Å². The Labute approximate surface area is 154 Å². The number of rotatable bonds is 15. The zero-order chi connectivity index (χ0) is 18.9. The molecule has 0 radical (unpaired) electrons. The molecule has 1 unspecified atom stereocenters. The number of hydrogen-bond acceptors (Lipinski definition) is 4. The van der Waals surface area contributed by atoms with Crippen molar-refractivity contribution in [2.75, 3.05) is 0 Å². The standard InChI is InChI=1S/C21H38O4/c1-4-5-6-13-16-20(23)17-14-11-9-7-8-10-12-15-18(2)21(24)25-19(3)22/h11,14,18,20,23H,4-10,12-13,15-17H2,1-3H3/b14-11-/t18?,20-/m1/s1. The van der Waals surface area contributed by atoms with Crippen molar-refractivity contribution in [1.82, 2.24) is 0 Å². The highest BCUT2D eigenvalue weighted by Gasteiger charge is 2.15. The highest BCUT2D eigenvalue weighted by molar-refractivity contribution is 5.85. The first-order valence-electron chi connectivity index (χ1n) is 10.0. The van der Waals surface area contributed by atoms with Crippen molar-refractivity contribution in [2.24, 2.45) is 5.92 Å². The largest absolute Gasteiger partial charge is 0.393 e. The maximum atomic E-state index is 11.5. The molecule has 0 aliphatic rings. The second kappa shape index (κ2) is 16.3. The fourth-order valence-electron chi connectivity index (χ4n) is 2.72. The van der Waals surface area contributed by atoms with Crippen LogP contribution in [0.5, 0.6) is 0 Å². The quantitative estimate of drug-likeness (QED) is 0.187. The number of unbranched alkanes of at least 4 members (excludes halogenated alkanes) is 7. The van der Waals surface area contributed by atoms with Crippen LogP contribution in [-0.2, 0) is 14.3 Å². The molecular formula is C21H38O4. The van der Waals surface area contributed by atoms with E-state index in [2.05, 4.69) is 23.8 Å². The van der Waals surface area contributed by atoms with Crippen LogP contribution in [-0.4, -0.2) is 23.1 Å². The molecule has 0 saturated heterocycles. The molecule has 0 amide bonds. The van der Waals surface area contributed by atoms with E-state index in [1.54, 1.807) is 0 Å². The molecule has 0 aromatic rings. The van der Waals surface area contributed by atoms with E-state index in [0.717, 1.165) is 57.8 Å². The summed E-state index contributed by atoms with van der Waals surface area (Å²) in [7, 11) is 0. The van der Waals surface area contributed by atoms with Crippen molar-refractivity contribution < 1.29 is 19.4 Å². The Balaban J connectivity index is 3.48. The van der Waals surface area contributed by atoms with Gasteiger partial charge in [-0.05, 0) is 32.1 Å². The van der Waals surface area contributed by atoms with Gasteiger partial charge in [-0.1, -0.05) is 70.9 Å². The molecule has 1 N–H and O–H groups in total. The molecule has 0 fully saturated rings. The fourth-order valence-corrected chi connectivity index (χ4v) is 2.72. The Morgan fingerprint density at radius 1 is 0.960 bits per heavy atom. The second-order valence-corrected chi connectivity index (χ2v) is 7.02. The SMILES string of the molecule is CCCCCC[C@@H](O)C/C=C\CCCCCCC(C)C(=O)OC(C)=O. The lowest BCUT2D eigenvalue weighted by molar-refractivity contribution is -0.160. The molecule has 0 rings (SSSR count). The van der Waals surface area contributed by atoms with Crippen LogP contribution in [0.15, 0.2) is 12.2 Å². The second-order valence-electron chi connectivity index (χ2n) is 7.02. The summed E-state index contributed by atoms with van der Waals surface area (Å²) in [5.41, 5.74) is 0. The van der Waals surface area contributed by atoms with Crippen LogP contribution in [0, 0.1) is 5.92 Å². The lowest BCUT2D eigenvalue weighted by Crippen LogP contribution is -2.17. The maximum absolute atomic E-state index is 11.5. The van der Waals surface area contributed by atoms with E-state index < -0.39 is 11.9 Å². The predicted octanol–water partition coefficient (Wildman–Crippen LogP) is 5.33. The highest BCUT2D eigenvalue weighted by Crippen LogP contribution is 2.13. The number of esters is 2. The van der Waals surface area contributed by atoms with Gasteiger partial charge in [-0.3, -0.25) is 9.59 Å². The van der Waals surface area contributed by atoms with Gasteiger partial charge in [0.1, 0.15) is 0 Å². The van der Waals surface area contributed by atoms with E-state index in [-0.39, 0.29) is 12.0 Å². The summed E-state index contributed by atoms with van der Waals surface area (Å²) in [6.07, 6.45) is 16.8. The van der Waals surface area contributed by atoms with Crippen LogP contribution in [0.25, 0.3) is 0 Å². The molecule has 0 spiro atoms. The lowest BCUT2D eigenvalue weighted by atomic mass is 10.0. The molecule has 0 aromatic carbocycles. The third-order valence-electron chi connectivity index (χ3n) is 4.37. The Morgan fingerprint density at radius 2 is 1.60 bits per heavy atom. The summed E-state index contributed by atoms with van der Waals surface area (Å²) in [5.74, 6) is -1.15. The molecule has 0 aromatic heterocycles. The molecule has 0 aliphatic heterocycles. The molecule has 4 heteroatoms. The van der Waals surface area contributed by atoms with E-state index in [1.807, 2.05) is 6.92 Å². The van der Waals surface area contributed by atoms with Gasteiger partial charge < -0.3 is 9.84 Å². The van der Waals surface area contributed by atoms with Gasteiger partial charge >= 0.3 is 11.9 Å². The lowest BCUT2D eigenvalue weighted by Gasteiger charge is -2.08. The van der Waals surface area contributed by atoms with E-state index >= 15 is 0 Å². The smallest absolute Gasteiger partial charge is 0.316 e. The van der Waals surface area contributed by atoms with E-state index in [0.29, 0.717) is 0 Å². The number of aliphatic hydroxyl groups is 1. The maximum Gasteiger partial charge on any atom is 0.316 e. The Morgan fingerprint density at radius 3 is 2.28 bits per heavy atom. The van der Waals surface area contributed by atoms with Crippen LogP contribution in [0.1, 0.15) is 97.8 Å². The van der Waals surface area contributed by atoms with E-state index in [9.17, 15) is 14.7 Å². The first-order valence-corrected chi connectivity index (χ1v) is 10.0. The van der Waals surface area contributed by atoms with Crippen molar-refractivity contribution >= 4 is 11.9 Å². The third kappa shape index (κ3) is 16.1. The molecule has 146 valence electrons. The summed E-state index contributed by atoms with van der Waals surface area (Å²) in [4.78, 5) is 22.2. The average molecular weight is 355 g/mol. The monoisotopic (exact) mass is 354 g/mol. The minimum atomic E-state index is -0.533. The van der Waals surface area contributed by atoms with Gasteiger partial charge in [-0.25, -0.2) is 0 Å². The third-order valence-corrected chi connectivity index (χ3v) is 4.37. The normalized spacial score (nSPS) is 13.8. The summed E-state index contributed by atoms with van der Waals surface area (Å²) < 4.78 is 4.58. The van der Waals surface area contributed by atoms with E-state index in [1.165, 1.54) is 26.2 Å². The number of carbonyl (C=O) groups is 2. The van der Waals surface area contributed by atoms with Gasteiger partial charge in [0.2, 0.25) is 0 Å². The van der Waals surface area contributed by atoms with Crippen molar-refractivity contribution in [3.05, 3.63) is 12.2 Å². The number of allylic oxidation sites excluding steroid dienone is 1. The van der Waals surface area contributed by atoms with Crippen molar-refractivity contribution in [2.45, 2.75) is 104 Å². The van der Waals surface area contributed by atoms with Gasteiger partial charge in [0.05, 0.1) is 12.0 Å². The minimum absolute atomic E-state index is 0.190. The summed E-state index contributed by atoms with van der Waals surface area (Å²) in [6, 6.07) is 0. The number of ether oxygens (including phenoxy) is 1. The molecule has 0 heterocycles. The minimum Gasteiger partial charge on any atom is -0.393 e. The zero-order valence-electron chi connectivity index (χ0n) is 16.5. The Hall–Kier alpha value is -1.16. The van der Waals surface area contributed by atoms with Crippen LogP contribution >= 0.6 is 0 Å². The first-order chi connectivity index (χ1) is 12.0. The fraction of sp³-hybridized carbons (Fsp3) is 0.810. The number of hydrogen-bond donors (Lipinski definition) is 1. The van der Waals surface area contributed by atoms with Crippen LogP contribution in [0.2, 0.25) is 0 Å². The van der Waals surface area contributed by atoms with Crippen molar-refractivity contribution in [3.63, 3.8) is 0 Å². The van der Waals surface area contributed by atoms with Gasteiger partial charge in [0, 0.05) is 6.92 Å². The summed E-state index contributed by atoms with van der Waals surface area (Å²) in [5, 5.41) is 9.86. The molecule has 4 nitrogen and oxygen atoms in total. The van der Waals surface area contributed by atoms with Crippen molar-refractivity contribution in [3.8, 4) is 0 Å². The molecule has 0 bridgehead atoms. The van der Waals surface area contributed by atoms with Crippen LogP contribution < -0.4 is 0 Å². The summed E-state index contributed by atoms with van der Waals surface area (Å²) >= 11 is 0. The number of aliphatic hydroxyl groups excluding tert-OH is 1.